The lowest BCUT2D eigenvalue weighted by molar-refractivity contribution is -0.150. The SMILES string of the molecule is COC(=O)[C@@]1(C)CCN(C(=O)c2cccc3cc[nH]c23)C1. The Balaban J connectivity index is 1.87. The highest BCUT2D eigenvalue weighted by atomic mass is 16.5. The first-order chi connectivity index (χ1) is 10.0. The van der Waals surface area contributed by atoms with Crippen LogP contribution in [0.5, 0.6) is 0 Å². The molecule has 0 radical (unpaired) electrons. The molecule has 5 nitrogen and oxygen atoms in total. The minimum atomic E-state index is -0.603. The highest BCUT2D eigenvalue weighted by Crippen LogP contribution is 2.32. The molecule has 0 bridgehead atoms. The molecule has 1 aliphatic rings. The Hall–Kier alpha value is -2.30. The summed E-state index contributed by atoms with van der Waals surface area (Å²) in [5, 5.41) is 1.01. The van der Waals surface area contributed by atoms with E-state index in [1.54, 1.807) is 4.90 Å². The molecule has 3 rings (SSSR count). The minimum absolute atomic E-state index is 0.0457. The van der Waals surface area contributed by atoms with Gasteiger partial charge in [-0.2, -0.15) is 0 Å². The van der Waals surface area contributed by atoms with Gasteiger partial charge in [-0.25, -0.2) is 0 Å². The van der Waals surface area contributed by atoms with E-state index in [-0.39, 0.29) is 11.9 Å². The van der Waals surface area contributed by atoms with Crippen LogP contribution in [0.3, 0.4) is 0 Å². The topological polar surface area (TPSA) is 62.4 Å². The van der Waals surface area contributed by atoms with Crippen molar-refractivity contribution in [3.05, 3.63) is 36.0 Å². The summed E-state index contributed by atoms with van der Waals surface area (Å²) in [7, 11) is 1.39. The minimum Gasteiger partial charge on any atom is -0.469 e. The lowest BCUT2D eigenvalue weighted by Gasteiger charge is -2.22. The van der Waals surface area contributed by atoms with Crippen LogP contribution in [0.25, 0.3) is 10.9 Å². The maximum Gasteiger partial charge on any atom is 0.313 e. The van der Waals surface area contributed by atoms with E-state index in [0.29, 0.717) is 25.1 Å². The van der Waals surface area contributed by atoms with Crippen LogP contribution in [0.15, 0.2) is 30.5 Å². The van der Waals surface area contributed by atoms with Crippen LogP contribution in [-0.2, 0) is 9.53 Å². The smallest absolute Gasteiger partial charge is 0.313 e. The summed E-state index contributed by atoms with van der Waals surface area (Å²) in [6.07, 6.45) is 2.45. The molecule has 1 atom stereocenters. The zero-order chi connectivity index (χ0) is 15.0. The van der Waals surface area contributed by atoms with Crippen LogP contribution in [0.1, 0.15) is 23.7 Å². The summed E-state index contributed by atoms with van der Waals surface area (Å²) in [6, 6.07) is 7.59. The number of hydrogen-bond donors (Lipinski definition) is 1. The molecule has 1 aromatic heterocycles. The number of benzene rings is 1. The van der Waals surface area contributed by atoms with Crippen molar-refractivity contribution in [3.63, 3.8) is 0 Å². The van der Waals surface area contributed by atoms with E-state index in [0.717, 1.165) is 10.9 Å². The van der Waals surface area contributed by atoms with E-state index in [1.807, 2.05) is 37.4 Å². The average Bonchev–Trinajstić information content (AvgIpc) is 3.12. The third-order valence-electron chi connectivity index (χ3n) is 4.26. The quantitative estimate of drug-likeness (QED) is 0.861. The number of ether oxygens (including phenoxy) is 1. The molecule has 0 aliphatic carbocycles. The second-order valence-electron chi connectivity index (χ2n) is 5.78. The number of rotatable bonds is 2. The average molecular weight is 286 g/mol. The molecule has 1 aromatic carbocycles. The molecule has 0 unspecified atom stereocenters. The number of carbonyl (C=O) groups is 2. The number of para-hydroxylation sites is 1. The van der Waals surface area contributed by atoms with Gasteiger partial charge in [-0.15, -0.1) is 0 Å². The predicted molar refractivity (Wildman–Crippen MR) is 78.9 cm³/mol. The Kier molecular flexibility index (Phi) is 3.20. The van der Waals surface area contributed by atoms with E-state index in [9.17, 15) is 9.59 Å². The Bertz CT molecular complexity index is 706. The molecule has 1 amide bonds. The fraction of sp³-hybridized carbons (Fsp3) is 0.375. The lowest BCUT2D eigenvalue weighted by Crippen LogP contribution is -2.35. The highest BCUT2D eigenvalue weighted by molar-refractivity contribution is 6.06. The summed E-state index contributed by atoms with van der Waals surface area (Å²) in [5.41, 5.74) is 0.884. The number of fused-ring (bicyclic) bond motifs is 1. The van der Waals surface area contributed by atoms with Crippen molar-refractivity contribution < 1.29 is 14.3 Å². The number of amides is 1. The summed E-state index contributed by atoms with van der Waals surface area (Å²) in [4.78, 5) is 29.4. The Morgan fingerprint density at radius 1 is 1.33 bits per heavy atom. The molecule has 2 heterocycles. The molecule has 1 saturated heterocycles. The Morgan fingerprint density at radius 2 is 2.14 bits per heavy atom. The van der Waals surface area contributed by atoms with Gasteiger partial charge in [-0.3, -0.25) is 9.59 Å². The molecule has 0 spiro atoms. The molecule has 1 aliphatic heterocycles. The molecule has 110 valence electrons. The van der Waals surface area contributed by atoms with Crippen molar-refractivity contribution in [2.45, 2.75) is 13.3 Å². The first-order valence-corrected chi connectivity index (χ1v) is 6.99. The first kappa shape index (κ1) is 13.7. The van der Waals surface area contributed by atoms with E-state index in [1.165, 1.54) is 7.11 Å². The molecular weight excluding hydrogens is 268 g/mol. The van der Waals surface area contributed by atoms with Crippen LogP contribution < -0.4 is 0 Å². The van der Waals surface area contributed by atoms with E-state index < -0.39 is 5.41 Å². The number of hydrogen-bond acceptors (Lipinski definition) is 3. The van der Waals surface area contributed by atoms with E-state index in [2.05, 4.69) is 4.98 Å². The van der Waals surface area contributed by atoms with Crippen LogP contribution in [0.4, 0.5) is 0 Å². The molecular formula is C16H18N2O3. The summed E-state index contributed by atoms with van der Waals surface area (Å²) < 4.78 is 4.85. The monoisotopic (exact) mass is 286 g/mol. The number of nitrogens with zero attached hydrogens (tertiary/aromatic N) is 1. The van der Waals surface area contributed by atoms with Gasteiger partial charge < -0.3 is 14.6 Å². The molecule has 2 aromatic rings. The Morgan fingerprint density at radius 3 is 2.90 bits per heavy atom. The molecule has 21 heavy (non-hydrogen) atoms. The summed E-state index contributed by atoms with van der Waals surface area (Å²) in [6.45, 7) is 2.82. The predicted octanol–water partition coefficient (Wildman–Crippen LogP) is 2.19. The van der Waals surface area contributed by atoms with E-state index in [4.69, 9.17) is 4.74 Å². The fourth-order valence-corrected chi connectivity index (χ4v) is 2.98. The maximum absolute atomic E-state index is 12.7. The second kappa shape index (κ2) is 4.91. The van der Waals surface area contributed by atoms with Crippen molar-refractivity contribution in [3.8, 4) is 0 Å². The summed E-state index contributed by atoms with van der Waals surface area (Å²) >= 11 is 0. The molecule has 5 heteroatoms. The van der Waals surface area contributed by atoms with Crippen molar-refractivity contribution >= 4 is 22.8 Å². The zero-order valence-electron chi connectivity index (χ0n) is 12.2. The van der Waals surface area contributed by atoms with Crippen molar-refractivity contribution in [2.24, 2.45) is 5.41 Å². The van der Waals surface area contributed by atoms with Crippen LogP contribution in [0, 0.1) is 5.41 Å². The maximum atomic E-state index is 12.7. The molecule has 1 N–H and O–H groups in total. The zero-order valence-corrected chi connectivity index (χ0v) is 12.2. The van der Waals surface area contributed by atoms with Gasteiger partial charge in [0, 0.05) is 24.7 Å². The lowest BCUT2D eigenvalue weighted by atomic mass is 9.90. The molecule has 1 fully saturated rings. The number of methoxy groups -OCH3 is 1. The Labute approximate surface area is 122 Å². The number of nitrogens with one attached hydrogen (secondary N) is 1. The van der Waals surface area contributed by atoms with Gasteiger partial charge in [0.1, 0.15) is 0 Å². The number of likely N-dealkylation sites (tertiary alicyclic amines) is 1. The van der Waals surface area contributed by atoms with Crippen LogP contribution >= 0.6 is 0 Å². The first-order valence-electron chi connectivity index (χ1n) is 6.99. The number of aromatic amines is 1. The van der Waals surface area contributed by atoms with Crippen molar-refractivity contribution in [1.82, 2.24) is 9.88 Å². The number of H-pyrrole nitrogens is 1. The van der Waals surface area contributed by atoms with Crippen molar-refractivity contribution in [1.29, 1.82) is 0 Å². The van der Waals surface area contributed by atoms with Gasteiger partial charge in [0.15, 0.2) is 0 Å². The van der Waals surface area contributed by atoms with Gasteiger partial charge in [0.2, 0.25) is 0 Å². The number of carbonyl (C=O) groups excluding carboxylic acids is 2. The van der Waals surface area contributed by atoms with Gasteiger partial charge >= 0.3 is 5.97 Å². The van der Waals surface area contributed by atoms with E-state index >= 15 is 0 Å². The number of aromatic nitrogens is 1. The van der Waals surface area contributed by atoms with Gasteiger partial charge in [-0.1, -0.05) is 12.1 Å². The molecule has 0 saturated carbocycles. The number of esters is 1. The standard InChI is InChI=1S/C16H18N2O3/c1-16(15(20)21-2)7-9-18(10-16)14(19)12-5-3-4-11-6-8-17-13(11)12/h3-6,8,17H,7,9-10H2,1-2H3/t16-/m0/s1. The normalized spacial score (nSPS) is 21.7. The van der Waals surface area contributed by atoms with Crippen molar-refractivity contribution in [2.75, 3.05) is 20.2 Å². The second-order valence-corrected chi connectivity index (χ2v) is 5.78. The largest absolute Gasteiger partial charge is 0.469 e. The third kappa shape index (κ3) is 2.18. The van der Waals surface area contributed by atoms with Gasteiger partial charge in [-0.05, 0) is 25.5 Å². The third-order valence-corrected chi connectivity index (χ3v) is 4.26. The fourth-order valence-electron chi connectivity index (χ4n) is 2.98. The van der Waals surface area contributed by atoms with Gasteiger partial charge in [0.05, 0.1) is 23.6 Å². The highest BCUT2D eigenvalue weighted by Gasteiger charge is 2.43. The van der Waals surface area contributed by atoms with Crippen LogP contribution in [-0.4, -0.2) is 42.0 Å². The summed E-state index contributed by atoms with van der Waals surface area (Å²) in [5.74, 6) is -0.299. The van der Waals surface area contributed by atoms with Gasteiger partial charge in [0.25, 0.3) is 5.91 Å². The van der Waals surface area contributed by atoms with Crippen LogP contribution in [0.2, 0.25) is 0 Å².